The smallest absolute Gasteiger partial charge is 0.130 e. The Hall–Kier alpha value is -2.35. The molecule has 1 fully saturated rings. The fourth-order valence-corrected chi connectivity index (χ4v) is 3.94. The lowest BCUT2D eigenvalue weighted by molar-refractivity contribution is 0.301. The number of nitrogens with zero attached hydrogens (tertiary/aromatic N) is 1. The summed E-state index contributed by atoms with van der Waals surface area (Å²) in [6.07, 6.45) is 9.69. The molecule has 0 spiro atoms. The number of aryl methyl sites for hydroxylation is 1. The highest BCUT2D eigenvalue weighted by Gasteiger charge is 2.13. The van der Waals surface area contributed by atoms with Gasteiger partial charge >= 0.3 is 0 Å². The maximum Gasteiger partial charge on any atom is 0.130 e. The van der Waals surface area contributed by atoms with Crippen LogP contribution >= 0.6 is 0 Å². The summed E-state index contributed by atoms with van der Waals surface area (Å²) in [6, 6.07) is 20.9. The van der Waals surface area contributed by atoms with Gasteiger partial charge in [-0.3, -0.25) is 0 Å². The third kappa shape index (κ3) is 4.43. The lowest BCUT2D eigenvalue weighted by Crippen LogP contribution is -2.07. The highest BCUT2D eigenvalue weighted by Crippen LogP contribution is 2.27. The molecule has 0 radical (unpaired) electrons. The van der Waals surface area contributed by atoms with Crippen molar-refractivity contribution in [3.05, 3.63) is 71.9 Å². The van der Waals surface area contributed by atoms with Gasteiger partial charge in [0.25, 0.3) is 0 Å². The summed E-state index contributed by atoms with van der Waals surface area (Å²) in [7, 11) is 0. The van der Waals surface area contributed by atoms with Crippen LogP contribution in [0.4, 0.5) is 0 Å². The van der Waals surface area contributed by atoms with Gasteiger partial charge in [0.2, 0.25) is 0 Å². The van der Waals surface area contributed by atoms with Crippen LogP contribution in [0.15, 0.2) is 60.7 Å². The van der Waals surface area contributed by atoms with Gasteiger partial charge in [-0.1, -0.05) is 68.5 Å². The number of fused-ring (bicyclic) bond motifs is 1. The largest absolute Gasteiger partial charge is 0.487 e. The van der Waals surface area contributed by atoms with Gasteiger partial charge in [-0.05, 0) is 48.6 Å². The number of aromatic nitrogens is 1. The van der Waals surface area contributed by atoms with E-state index in [9.17, 15) is 0 Å². The van der Waals surface area contributed by atoms with Crippen molar-refractivity contribution >= 4 is 10.9 Å². The molecule has 0 bridgehead atoms. The molecule has 2 aromatic carbocycles. The molecule has 0 amide bonds. The minimum absolute atomic E-state index is 0.506. The van der Waals surface area contributed by atoms with Crippen LogP contribution in [0.1, 0.15) is 49.8 Å². The number of hydrogen-bond acceptors (Lipinski definition) is 2. The van der Waals surface area contributed by atoms with Crippen LogP contribution in [0.5, 0.6) is 5.75 Å². The van der Waals surface area contributed by atoms with E-state index in [0.717, 1.165) is 22.9 Å². The quantitative estimate of drug-likeness (QED) is 0.521. The van der Waals surface area contributed by atoms with Crippen molar-refractivity contribution in [1.82, 2.24) is 4.98 Å². The van der Waals surface area contributed by atoms with Crippen molar-refractivity contribution in [3.63, 3.8) is 0 Å². The zero-order valence-corrected chi connectivity index (χ0v) is 15.4. The molecule has 2 heteroatoms. The Morgan fingerprint density at radius 2 is 1.65 bits per heavy atom. The standard InChI is InChI=1S/C24H27NO/c1-2-6-19(7-3-1)10-11-20-12-16-23(17-13-20)26-18-22-15-14-21-8-4-5-9-24(21)25-22/h4-5,8-9,12-17,19H,1-3,6-7,10-11,18H2. The van der Waals surface area contributed by atoms with Crippen LogP contribution in [0.3, 0.4) is 0 Å². The molecule has 4 rings (SSSR count). The fourth-order valence-electron chi connectivity index (χ4n) is 3.94. The molecule has 1 aliphatic rings. The molecule has 0 unspecified atom stereocenters. The van der Waals surface area contributed by atoms with Crippen LogP contribution in [-0.2, 0) is 13.0 Å². The molecule has 0 atom stereocenters. The van der Waals surface area contributed by atoms with Gasteiger partial charge in [-0.2, -0.15) is 0 Å². The minimum Gasteiger partial charge on any atom is -0.487 e. The van der Waals surface area contributed by atoms with Crippen LogP contribution < -0.4 is 4.74 Å². The zero-order valence-electron chi connectivity index (χ0n) is 15.4. The Bertz CT molecular complexity index is 834. The highest BCUT2D eigenvalue weighted by atomic mass is 16.5. The Balaban J connectivity index is 1.30. The second-order valence-corrected chi connectivity index (χ2v) is 7.47. The van der Waals surface area contributed by atoms with Crippen LogP contribution in [0.2, 0.25) is 0 Å². The van der Waals surface area contributed by atoms with E-state index in [1.807, 2.05) is 24.3 Å². The van der Waals surface area contributed by atoms with Crippen molar-refractivity contribution in [3.8, 4) is 5.75 Å². The SMILES string of the molecule is c1ccc2nc(COc3ccc(CCC4CCCCC4)cc3)ccc2c1. The van der Waals surface area contributed by atoms with Gasteiger partial charge < -0.3 is 4.74 Å². The van der Waals surface area contributed by atoms with Gasteiger partial charge in [0.15, 0.2) is 0 Å². The predicted molar refractivity (Wildman–Crippen MR) is 107 cm³/mol. The van der Waals surface area contributed by atoms with Crippen molar-refractivity contribution < 1.29 is 4.74 Å². The average molecular weight is 345 g/mol. The molecule has 0 aliphatic heterocycles. The number of rotatable bonds is 6. The van der Waals surface area contributed by atoms with Crippen LogP contribution in [-0.4, -0.2) is 4.98 Å². The van der Waals surface area contributed by atoms with E-state index in [-0.39, 0.29) is 0 Å². The fraction of sp³-hybridized carbons (Fsp3) is 0.375. The molecule has 1 aromatic heterocycles. The summed E-state index contributed by atoms with van der Waals surface area (Å²) in [5, 5.41) is 1.17. The first-order valence-corrected chi connectivity index (χ1v) is 9.93. The lowest BCUT2D eigenvalue weighted by atomic mass is 9.85. The normalized spacial score (nSPS) is 15.2. The molecule has 3 aromatic rings. The monoisotopic (exact) mass is 345 g/mol. The van der Waals surface area contributed by atoms with Crippen molar-refractivity contribution in [1.29, 1.82) is 0 Å². The van der Waals surface area contributed by atoms with E-state index in [1.165, 1.54) is 55.9 Å². The lowest BCUT2D eigenvalue weighted by Gasteiger charge is -2.21. The maximum atomic E-state index is 5.93. The molecule has 0 saturated heterocycles. The number of ether oxygens (including phenoxy) is 1. The third-order valence-electron chi connectivity index (χ3n) is 5.53. The first-order valence-electron chi connectivity index (χ1n) is 9.93. The van der Waals surface area contributed by atoms with E-state index >= 15 is 0 Å². The van der Waals surface area contributed by atoms with E-state index in [2.05, 4.69) is 41.4 Å². The van der Waals surface area contributed by atoms with Gasteiger partial charge in [0, 0.05) is 5.39 Å². The molecule has 26 heavy (non-hydrogen) atoms. The van der Waals surface area contributed by atoms with Gasteiger partial charge in [-0.25, -0.2) is 4.98 Å². The average Bonchev–Trinajstić information content (AvgIpc) is 2.72. The van der Waals surface area contributed by atoms with Crippen LogP contribution in [0, 0.1) is 5.92 Å². The Morgan fingerprint density at radius 1 is 0.846 bits per heavy atom. The number of para-hydroxylation sites is 1. The second-order valence-electron chi connectivity index (χ2n) is 7.47. The summed E-state index contributed by atoms with van der Waals surface area (Å²) in [5.74, 6) is 1.86. The summed E-state index contributed by atoms with van der Waals surface area (Å²) in [4.78, 5) is 4.66. The molecule has 2 nitrogen and oxygen atoms in total. The highest BCUT2D eigenvalue weighted by molar-refractivity contribution is 5.78. The zero-order chi connectivity index (χ0) is 17.6. The molecule has 1 heterocycles. The molecule has 134 valence electrons. The van der Waals surface area contributed by atoms with E-state index in [1.54, 1.807) is 0 Å². The summed E-state index contributed by atoms with van der Waals surface area (Å²) in [5.41, 5.74) is 3.41. The maximum absolute atomic E-state index is 5.93. The molecular formula is C24H27NO. The first-order chi connectivity index (χ1) is 12.9. The van der Waals surface area contributed by atoms with E-state index in [0.29, 0.717) is 6.61 Å². The Kier molecular flexibility index (Phi) is 5.49. The van der Waals surface area contributed by atoms with Crippen molar-refractivity contribution in [2.24, 2.45) is 5.92 Å². The first kappa shape index (κ1) is 17.1. The molecular weight excluding hydrogens is 318 g/mol. The second kappa shape index (κ2) is 8.35. The Morgan fingerprint density at radius 3 is 2.50 bits per heavy atom. The number of benzene rings is 2. The topological polar surface area (TPSA) is 22.1 Å². The van der Waals surface area contributed by atoms with Gasteiger partial charge in [0.05, 0.1) is 11.2 Å². The number of pyridine rings is 1. The van der Waals surface area contributed by atoms with Crippen molar-refractivity contribution in [2.45, 2.75) is 51.6 Å². The predicted octanol–water partition coefficient (Wildman–Crippen LogP) is 6.33. The summed E-state index contributed by atoms with van der Waals surface area (Å²) < 4.78 is 5.93. The summed E-state index contributed by atoms with van der Waals surface area (Å²) >= 11 is 0. The minimum atomic E-state index is 0.506. The summed E-state index contributed by atoms with van der Waals surface area (Å²) in [6.45, 7) is 0.506. The van der Waals surface area contributed by atoms with Gasteiger partial charge in [-0.15, -0.1) is 0 Å². The molecule has 1 aliphatic carbocycles. The molecule has 1 saturated carbocycles. The van der Waals surface area contributed by atoms with Crippen molar-refractivity contribution in [2.75, 3.05) is 0 Å². The Labute approximate surface area is 156 Å². The van der Waals surface area contributed by atoms with E-state index < -0.39 is 0 Å². The third-order valence-corrected chi connectivity index (χ3v) is 5.53. The van der Waals surface area contributed by atoms with Gasteiger partial charge in [0.1, 0.15) is 12.4 Å². The molecule has 0 N–H and O–H groups in total. The van der Waals surface area contributed by atoms with Crippen LogP contribution in [0.25, 0.3) is 10.9 Å². The van der Waals surface area contributed by atoms with E-state index in [4.69, 9.17) is 4.74 Å². The number of hydrogen-bond donors (Lipinski definition) is 0.